The molecule has 110 valence electrons. The number of unbranched alkanes of at least 4 members (excludes halogenated alkanes) is 1. The second kappa shape index (κ2) is 8.92. The lowest BCUT2D eigenvalue weighted by Crippen LogP contribution is -2.46. The van der Waals surface area contributed by atoms with Crippen molar-refractivity contribution in [1.29, 1.82) is 0 Å². The number of benzene rings is 1. The van der Waals surface area contributed by atoms with Gasteiger partial charge in [-0.3, -0.25) is 4.79 Å². The van der Waals surface area contributed by atoms with E-state index in [1.54, 1.807) is 19.1 Å². The molecule has 5 N–H and O–H groups in total. The number of urea groups is 1. The Kier molecular flexibility index (Phi) is 7.13. The van der Waals surface area contributed by atoms with E-state index in [1.165, 1.54) is 0 Å². The molecule has 0 spiro atoms. The normalized spacial score (nSPS) is 11.5. The van der Waals surface area contributed by atoms with Gasteiger partial charge in [-0.2, -0.15) is 0 Å². The van der Waals surface area contributed by atoms with Gasteiger partial charge in [0.05, 0.1) is 0 Å². The standard InChI is InChI=1S/C14H22N4O2/c1-11(13(19)16-10-6-5-9-15)17-14(20)18-12-7-3-2-4-8-12/h2-4,7-8,11H,5-6,9-10,15H2,1H3,(H,16,19)(H2,17,18,20). The predicted molar refractivity (Wildman–Crippen MR) is 79.4 cm³/mol. The van der Waals surface area contributed by atoms with Gasteiger partial charge in [0.1, 0.15) is 6.04 Å². The van der Waals surface area contributed by atoms with E-state index in [2.05, 4.69) is 16.0 Å². The molecule has 1 atom stereocenters. The number of anilines is 1. The molecule has 1 aromatic carbocycles. The molecule has 0 aliphatic carbocycles. The zero-order valence-corrected chi connectivity index (χ0v) is 11.7. The lowest BCUT2D eigenvalue weighted by Gasteiger charge is -2.14. The van der Waals surface area contributed by atoms with E-state index in [4.69, 9.17) is 5.73 Å². The summed E-state index contributed by atoms with van der Waals surface area (Å²) in [5.41, 5.74) is 6.05. The SMILES string of the molecule is CC(NC(=O)Nc1ccccc1)C(=O)NCCCCN. The van der Waals surface area contributed by atoms with Crippen molar-refractivity contribution in [3.05, 3.63) is 30.3 Å². The number of carbonyl (C=O) groups is 2. The molecular weight excluding hydrogens is 256 g/mol. The Morgan fingerprint density at radius 1 is 1.20 bits per heavy atom. The van der Waals surface area contributed by atoms with Crippen molar-refractivity contribution >= 4 is 17.6 Å². The minimum Gasteiger partial charge on any atom is -0.354 e. The van der Waals surface area contributed by atoms with Crippen LogP contribution in [0.25, 0.3) is 0 Å². The molecule has 0 aromatic heterocycles. The molecule has 6 heteroatoms. The van der Waals surface area contributed by atoms with Gasteiger partial charge in [-0.1, -0.05) is 18.2 Å². The molecule has 1 aromatic rings. The summed E-state index contributed by atoms with van der Waals surface area (Å²) >= 11 is 0. The summed E-state index contributed by atoms with van der Waals surface area (Å²) in [4.78, 5) is 23.4. The number of amides is 3. The van der Waals surface area contributed by atoms with Crippen molar-refractivity contribution in [2.24, 2.45) is 5.73 Å². The van der Waals surface area contributed by atoms with Crippen LogP contribution in [0.5, 0.6) is 0 Å². The number of hydrogen-bond acceptors (Lipinski definition) is 3. The van der Waals surface area contributed by atoms with Gasteiger partial charge in [0.25, 0.3) is 0 Å². The van der Waals surface area contributed by atoms with Gasteiger partial charge in [0.15, 0.2) is 0 Å². The Balaban J connectivity index is 2.28. The first-order valence-corrected chi connectivity index (χ1v) is 6.74. The van der Waals surface area contributed by atoms with Crippen molar-refractivity contribution in [3.63, 3.8) is 0 Å². The van der Waals surface area contributed by atoms with E-state index in [1.807, 2.05) is 18.2 Å². The summed E-state index contributed by atoms with van der Waals surface area (Å²) in [7, 11) is 0. The minimum absolute atomic E-state index is 0.203. The smallest absolute Gasteiger partial charge is 0.319 e. The van der Waals surface area contributed by atoms with Gasteiger partial charge in [-0.25, -0.2) is 4.79 Å². The van der Waals surface area contributed by atoms with Crippen molar-refractivity contribution < 1.29 is 9.59 Å². The van der Waals surface area contributed by atoms with Crippen LogP contribution in [0.1, 0.15) is 19.8 Å². The van der Waals surface area contributed by atoms with Crippen LogP contribution in [-0.2, 0) is 4.79 Å². The summed E-state index contributed by atoms with van der Waals surface area (Å²) in [6, 6.07) is 8.07. The quantitative estimate of drug-likeness (QED) is 0.561. The van der Waals surface area contributed by atoms with Gasteiger partial charge in [-0.05, 0) is 38.4 Å². The Morgan fingerprint density at radius 3 is 2.55 bits per heavy atom. The molecule has 0 fully saturated rings. The van der Waals surface area contributed by atoms with Crippen LogP contribution in [0.3, 0.4) is 0 Å². The topological polar surface area (TPSA) is 96.2 Å². The first kappa shape index (κ1) is 16.0. The number of carbonyl (C=O) groups excluding carboxylic acids is 2. The molecule has 20 heavy (non-hydrogen) atoms. The van der Waals surface area contributed by atoms with E-state index >= 15 is 0 Å². The summed E-state index contributed by atoms with van der Waals surface area (Å²) in [5.74, 6) is -0.203. The number of hydrogen-bond donors (Lipinski definition) is 4. The van der Waals surface area contributed by atoms with Crippen molar-refractivity contribution in [1.82, 2.24) is 10.6 Å². The van der Waals surface area contributed by atoms with Crippen LogP contribution in [0, 0.1) is 0 Å². The highest BCUT2D eigenvalue weighted by atomic mass is 16.2. The molecule has 3 amide bonds. The third kappa shape index (κ3) is 6.19. The fraction of sp³-hybridized carbons (Fsp3) is 0.429. The van der Waals surface area contributed by atoms with E-state index in [0.29, 0.717) is 18.8 Å². The lowest BCUT2D eigenvalue weighted by molar-refractivity contribution is -0.122. The maximum atomic E-state index is 11.7. The van der Waals surface area contributed by atoms with Crippen molar-refractivity contribution in [2.45, 2.75) is 25.8 Å². The largest absolute Gasteiger partial charge is 0.354 e. The van der Waals surface area contributed by atoms with Crippen LogP contribution in [0.4, 0.5) is 10.5 Å². The lowest BCUT2D eigenvalue weighted by atomic mass is 10.3. The molecule has 1 unspecified atom stereocenters. The highest BCUT2D eigenvalue weighted by Gasteiger charge is 2.14. The van der Waals surface area contributed by atoms with Gasteiger partial charge >= 0.3 is 6.03 Å². The number of para-hydroxylation sites is 1. The second-order valence-electron chi connectivity index (χ2n) is 4.47. The molecule has 0 aliphatic rings. The average Bonchev–Trinajstić information content (AvgIpc) is 2.44. The van der Waals surface area contributed by atoms with Crippen LogP contribution in [0.2, 0.25) is 0 Å². The fourth-order valence-corrected chi connectivity index (χ4v) is 1.58. The summed E-state index contributed by atoms with van der Waals surface area (Å²) < 4.78 is 0. The highest BCUT2D eigenvalue weighted by Crippen LogP contribution is 2.04. The van der Waals surface area contributed by atoms with E-state index in [-0.39, 0.29) is 5.91 Å². The molecule has 0 heterocycles. The molecule has 0 saturated carbocycles. The summed E-state index contributed by atoms with van der Waals surface area (Å²) in [6.45, 7) is 2.83. The van der Waals surface area contributed by atoms with Gasteiger partial charge < -0.3 is 21.7 Å². The summed E-state index contributed by atoms with van der Waals surface area (Å²) in [6.07, 6.45) is 1.71. The van der Waals surface area contributed by atoms with Gasteiger partial charge in [0.2, 0.25) is 5.91 Å². The molecule has 0 radical (unpaired) electrons. The third-order valence-electron chi connectivity index (χ3n) is 2.70. The Morgan fingerprint density at radius 2 is 1.90 bits per heavy atom. The van der Waals surface area contributed by atoms with Crippen LogP contribution < -0.4 is 21.7 Å². The first-order chi connectivity index (χ1) is 9.63. The molecule has 0 aliphatic heterocycles. The van der Waals surface area contributed by atoms with E-state index < -0.39 is 12.1 Å². The molecule has 6 nitrogen and oxygen atoms in total. The number of nitrogens with two attached hydrogens (primary N) is 1. The van der Waals surface area contributed by atoms with Gasteiger partial charge in [-0.15, -0.1) is 0 Å². The zero-order chi connectivity index (χ0) is 14.8. The van der Waals surface area contributed by atoms with Crippen LogP contribution >= 0.6 is 0 Å². The summed E-state index contributed by atoms with van der Waals surface area (Å²) in [5, 5.41) is 7.99. The number of nitrogens with one attached hydrogen (secondary N) is 3. The Labute approximate surface area is 119 Å². The Hall–Kier alpha value is -2.08. The minimum atomic E-state index is -0.586. The average molecular weight is 278 g/mol. The Bertz CT molecular complexity index is 422. The number of rotatable bonds is 7. The van der Waals surface area contributed by atoms with Crippen LogP contribution in [0.15, 0.2) is 30.3 Å². The van der Waals surface area contributed by atoms with Crippen LogP contribution in [-0.4, -0.2) is 31.1 Å². The van der Waals surface area contributed by atoms with Crippen molar-refractivity contribution in [3.8, 4) is 0 Å². The second-order valence-corrected chi connectivity index (χ2v) is 4.47. The molecule has 1 rings (SSSR count). The van der Waals surface area contributed by atoms with E-state index in [0.717, 1.165) is 12.8 Å². The first-order valence-electron chi connectivity index (χ1n) is 6.74. The predicted octanol–water partition coefficient (Wildman–Crippen LogP) is 1.05. The van der Waals surface area contributed by atoms with Crippen molar-refractivity contribution in [2.75, 3.05) is 18.4 Å². The molecular formula is C14H22N4O2. The molecule has 0 saturated heterocycles. The highest BCUT2D eigenvalue weighted by molar-refractivity contribution is 5.93. The van der Waals surface area contributed by atoms with Gasteiger partial charge in [0, 0.05) is 12.2 Å². The monoisotopic (exact) mass is 278 g/mol. The zero-order valence-electron chi connectivity index (χ0n) is 11.7. The fourth-order valence-electron chi connectivity index (χ4n) is 1.58. The maximum Gasteiger partial charge on any atom is 0.319 e. The maximum absolute atomic E-state index is 11.7. The molecule has 0 bridgehead atoms. The van der Waals surface area contributed by atoms with E-state index in [9.17, 15) is 9.59 Å². The third-order valence-corrected chi connectivity index (χ3v) is 2.70.